The average molecular weight is 317 g/mol. The minimum atomic E-state index is -1.96. The Kier molecular flexibility index (Phi) is 4.78. The number of benzene rings is 1. The molecule has 0 aliphatic carbocycles. The monoisotopic (exact) mass is 318 g/mol. The first kappa shape index (κ1) is 12.4. The van der Waals surface area contributed by atoms with Gasteiger partial charge in [0.25, 0.3) is 0 Å². The molecular weight excluding hydrogens is 298 g/mol. The van der Waals surface area contributed by atoms with E-state index < -0.39 is 18.4 Å². The van der Waals surface area contributed by atoms with E-state index in [1.165, 1.54) is 13.3 Å². The van der Waals surface area contributed by atoms with Gasteiger partial charge in [0.15, 0.2) is 0 Å². The predicted octanol–water partition coefficient (Wildman–Crippen LogP) is 4.06. The summed E-state index contributed by atoms with van der Waals surface area (Å²) >= 11 is 3.96. The van der Waals surface area contributed by atoms with E-state index >= 15 is 0 Å². The second-order valence-electron chi connectivity index (χ2n) is 3.85. The number of rotatable bonds is 4. The molecule has 0 unspecified atom stereocenters. The van der Waals surface area contributed by atoms with Crippen LogP contribution in [-0.4, -0.2) is 18.4 Å². The zero-order chi connectivity index (χ0) is 10.6. The third-order valence-corrected chi connectivity index (χ3v) is 19.8. The van der Waals surface area contributed by atoms with Crippen molar-refractivity contribution in [3.05, 3.63) is 29.3 Å². The third kappa shape index (κ3) is 2.46. The van der Waals surface area contributed by atoms with Crippen LogP contribution in [0, 0.1) is 0 Å². The van der Waals surface area contributed by atoms with Crippen LogP contribution in [0.2, 0.25) is 18.3 Å². The van der Waals surface area contributed by atoms with Crippen LogP contribution in [0.5, 0.6) is 0 Å². The second kappa shape index (κ2) is 5.41. The maximum absolute atomic E-state index is 5.91. The van der Waals surface area contributed by atoms with Crippen molar-refractivity contribution in [2.75, 3.05) is 0 Å². The molecule has 0 amide bonds. The predicted molar refractivity (Wildman–Crippen MR) is 68.3 cm³/mol. The summed E-state index contributed by atoms with van der Waals surface area (Å²) in [6.07, 6.45) is 0. The van der Waals surface area contributed by atoms with Gasteiger partial charge >= 0.3 is 96.9 Å². The van der Waals surface area contributed by atoms with Gasteiger partial charge in [-0.1, -0.05) is 0 Å². The zero-order valence-corrected chi connectivity index (χ0v) is 12.9. The molecular formula is C12H19ClSn. The molecule has 2 heteroatoms. The first-order valence-corrected chi connectivity index (χ1v) is 13.3. The SMILES string of the molecule is C[CH2][Sn]([CH2]C)([CH2]C)[c]1ccc(Cl)cc1. The molecule has 0 radical (unpaired) electrons. The van der Waals surface area contributed by atoms with Crippen LogP contribution in [0.4, 0.5) is 0 Å². The van der Waals surface area contributed by atoms with E-state index in [0.717, 1.165) is 5.02 Å². The van der Waals surface area contributed by atoms with Crippen molar-refractivity contribution in [2.45, 2.75) is 34.1 Å². The minimum absolute atomic E-state index is 0.859. The number of hydrogen-bond acceptors (Lipinski definition) is 0. The molecule has 1 aromatic rings. The van der Waals surface area contributed by atoms with Gasteiger partial charge in [-0.25, -0.2) is 0 Å². The first-order chi connectivity index (χ1) is 6.68. The molecule has 0 fully saturated rings. The average Bonchev–Trinajstić information content (AvgIpc) is 2.24. The van der Waals surface area contributed by atoms with Crippen molar-refractivity contribution in [3.63, 3.8) is 0 Å². The third-order valence-electron chi connectivity index (χ3n) is 3.49. The topological polar surface area (TPSA) is 0 Å². The summed E-state index contributed by atoms with van der Waals surface area (Å²) in [6.45, 7) is 7.08. The second-order valence-corrected chi connectivity index (χ2v) is 19.3. The van der Waals surface area contributed by atoms with E-state index in [-0.39, 0.29) is 0 Å². The van der Waals surface area contributed by atoms with E-state index in [1.807, 2.05) is 12.1 Å². The molecule has 14 heavy (non-hydrogen) atoms. The Balaban J connectivity index is 3.05. The standard InChI is InChI=1S/C6H4Cl.3C2H5.Sn/c7-6-4-2-1-3-5-6;3*1-2;/h2-5H;3*1H2,2H3;. The van der Waals surface area contributed by atoms with Gasteiger partial charge in [0, 0.05) is 0 Å². The fraction of sp³-hybridized carbons (Fsp3) is 0.500. The van der Waals surface area contributed by atoms with Crippen molar-refractivity contribution in [1.29, 1.82) is 0 Å². The zero-order valence-electron chi connectivity index (χ0n) is 9.31. The molecule has 78 valence electrons. The Bertz CT molecular complexity index is 267. The fourth-order valence-corrected chi connectivity index (χ4v) is 12.6. The van der Waals surface area contributed by atoms with Gasteiger partial charge in [0.2, 0.25) is 0 Å². The van der Waals surface area contributed by atoms with Gasteiger partial charge in [-0.3, -0.25) is 0 Å². The van der Waals surface area contributed by atoms with Gasteiger partial charge in [0.1, 0.15) is 0 Å². The molecule has 0 aliphatic heterocycles. The van der Waals surface area contributed by atoms with Crippen LogP contribution in [0.25, 0.3) is 0 Å². The molecule has 0 N–H and O–H groups in total. The van der Waals surface area contributed by atoms with Gasteiger partial charge < -0.3 is 0 Å². The first-order valence-electron chi connectivity index (χ1n) is 5.44. The van der Waals surface area contributed by atoms with Crippen molar-refractivity contribution in [1.82, 2.24) is 0 Å². The molecule has 1 rings (SSSR count). The van der Waals surface area contributed by atoms with Crippen LogP contribution in [0.1, 0.15) is 20.8 Å². The van der Waals surface area contributed by atoms with Crippen LogP contribution in [0.15, 0.2) is 24.3 Å². The van der Waals surface area contributed by atoms with Gasteiger partial charge in [-0.15, -0.1) is 0 Å². The van der Waals surface area contributed by atoms with Gasteiger partial charge in [0.05, 0.1) is 0 Å². The van der Waals surface area contributed by atoms with Crippen LogP contribution < -0.4 is 3.58 Å². The van der Waals surface area contributed by atoms with Crippen molar-refractivity contribution >= 4 is 33.6 Å². The summed E-state index contributed by atoms with van der Waals surface area (Å²) in [5.41, 5.74) is 0. The molecule has 0 aliphatic rings. The number of halogens is 1. The normalized spacial score (nSPS) is 11.7. The van der Waals surface area contributed by atoms with Crippen LogP contribution >= 0.6 is 11.6 Å². The summed E-state index contributed by atoms with van der Waals surface area (Å²) in [4.78, 5) is 0. The molecule has 0 saturated carbocycles. The Hall–Kier alpha value is 0.309. The maximum atomic E-state index is 5.91. The van der Waals surface area contributed by atoms with Crippen LogP contribution in [-0.2, 0) is 0 Å². The molecule has 0 nitrogen and oxygen atoms in total. The van der Waals surface area contributed by atoms with E-state index in [0.29, 0.717) is 0 Å². The van der Waals surface area contributed by atoms with E-state index in [9.17, 15) is 0 Å². The fourth-order valence-electron chi connectivity index (χ4n) is 2.17. The Morgan fingerprint density at radius 2 is 1.36 bits per heavy atom. The summed E-state index contributed by atoms with van der Waals surface area (Å²) in [5, 5.41) is 0.859. The molecule has 0 aromatic heterocycles. The quantitative estimate of drug-likeness (QED) is 0.735. The van der Waals surface area contributed by atoms with Crippen molar-refractivity contribution < 1.29 is 0 Å². The number of hydrogen-bond donors (Lipinski definition) is 0. The molecule has 0 atom stereocenters. The Morgan fingerprint density at radius 1 is 0.929 bits per heavy atom. The summed E-state index contributed by atoms with van der Waals surface area (Å²) in [7, 11) is 0. The van der Waals surface area contributed by atoms with Gasteiger partial charge in [-0.05, 0) is 0 Å². The molecule has 1 aromatic carbocycles. The van der Waals surface area contributed by atoms with E-state index in [2.05, 4.69) is 32.9 Å². The van der Waals surface area contributed by atoms with E-state index in [1.54, 1.807) is 3.58 Å². The molecule has 0 saturated heterocycles. The summed E-state index contributed by atoms with van der Waals surface area (Å²) in [5.74, 6) is 0. The summed E-state index contributed by atoms with van der Waals surface area (Å²) in [6, 6.07) is 8.61. The molecule has 0 spiro atoms. The molecule has 0 bridgehead atoms. The van der Waals surface area contributed by atoms with E-state index in [4.69, 9.17) is 11.6 Å². The van der Waals surface area contributed by atoms with Crippen molar-refractivity contribution in [3.8, 4) is 0 Å². The van der Waals surface area contributed by atoms with Crippen molar-refractivity contribution in [2.24, 2.45) is 0 Å². The van der Waals surface area contributed by atoms with Crippen LogP contribution in [0.3, 0.4) is 0 Å². The summed E-state index contributed by atoms with van der Waals surface area (Å²) < 4.78 is 5.85. The Labute approximate surface area is 96.5 Å². The van der Waals surface area contributed by atoms with Gasteiger partial charge in [-0.2, -0.15) is 0 Å². The Morgan fingerprint density at radius 3 is 1.71 bits per heavy atom. The molecule has 0 heterocycles.